The molecule has 0 saturated carbocycles. The SMILES string of the molecule is Nc1nc(Nc2ccc3c(c2)OCO3)c(F)cc1F. The molecule has 0 bridgehead atoms. The molecule has 98 valence electrons. The third kappa shape index (κ3) is 2.10. The molecule has 0 atom stereocenters. The molecule has 0 spiro atoms. The van der Waals surface area contributed by atoms with E-state index in [-0.39, 0.29) is 18.4 Å². The van der Waals surface area contributed by atoms with Gasteiger partial charge in [0, 0.05) is 17.8 Å². The highest BCUT2D eigenvalue weighted by Gasteiger charge is 2.15. The topological polar surface area (TPSA) is 69.4 Å². The van der Waals surface area contributed by atoms with Gasteiger partial charge in [-0.3, -0.25) is 0 Å². The van der Waals surface area contributed by atoms with Crippen LogP contribution in [0.1, 0.15) is 0 Å². The van der Waals surface area contributed by atoms with Gasteiger partial charge in [-0.1, -0.05) is 0 Å². The van der Waals surface area contributed by atoms with Gasteiger partial charge in [0.15, 0.2) is 34.8 Å². The first kappa shape index (κ1) is 11.5. The number of nitrogen functional groups attached to an aromatic ring is 1. The Balaban J connectivity index is 1.91. The Morgan fingerprint density at radius 2 is 1.89 bits per heavy atom. The number of rotatable bonds is 2. The maximum absolute atomic E-state index is 13.5. The van der Waals surface area contributed by atoms with Gasteiger partial charge in [0.05, 0.1) is 0 Å². The minimum absolute atomic E-state index is 0.148. The van der Waals surface area contributed by atoms with E-state index in [1.54, 1.807) is 18.2 Å². The summed E-state index contributed by atoms with van der Waals surface area (Å²) in [6.45, 7) is 0.148. The number of nitrogens with zero attached hydrogens (tertiary/aromatic N) is 1. The fraction of sp³-hybridized carbons (Fsp3) is 0.0833. The van der Waals surface area contributed by atoms with Crippen molar-refractivity contribution in [3.8, 4) is 11.5 Å². The van der Waals surface area contributed by atoms with Gasteiger partial charge >= 0.3 is 0 Å². The first-order valence-electron chi connectivity index (χ1n) is 5.41. The van der Waals surface area contributed by atoms with Crippen molar-refractivity contribution >= 4 is 17.3 Å². The Morgan fingerprint density at radius 1 is 1.11 bits per heavy atom. The lowest BCUT2D eigenvalue weighted by Crippen LogP contribution is -2.03. The Kier molecular flexibility index (Phi) is 2.59. The summed E-state index contributed by atoms with van der Waals surface area (Å²) in [7, 11) is 0. The van der Waals surface area contributed by atoms with Gasteiger partial charge in [0.2, 0.25) is 6.79 Å². The molecule has 2 aromatic rings. The van der Waals surface area contributed by atoms with Crippen molar-refractivity contribution < 1.29 is 18.3 Å². The van der Waals surface area contributed by atoms with E-state index < -0.39 is 11.6 Å². The lowest BCUT2D eigenvalue weighted by Gasteiger charge is -2.08. The van der Waals surface area contributed by atoms with Crippen molar-refractivity contribution in [1.29, 1.82) is 0 Å². The summed E-state index contributed by atoms with van der Waals surface area (Å²) in [5.74, 6) is -1.10. The predicted molar refractivity (Wildman–Crippen MR) is 64.4 cm³/mol. The molecule has 0 amide bonds. The predicted octanol–water partition coefficient (Wildman–Crippen LogP) is 2.41. The first-order chi connectivity index (χ1) is 9.13. The molecule has 2 heterocycles. The molecule has 1 aliphatic heterocycles. The van der Waals surface area contributed by atoms with Crippen LogP contribution in [0.3, 0.4) is 0 Å². The van der Waals surface area contributed by atoms with Crippen molar-refractivity contribution in [3.05, 3.63) is 35.9 Å². The fourth-order valence-corrected chi connectivity index (χ4v) is 1.68. The summed E-state index contributed by atoms with van der Waals surface area (Å²) in [5.41, 5.74) is 5.83. The van der Waals surface area contributed by atoms with E-state index in [4.69, 9.17) is 15.2 Å². The molecule has 0 aliphatic carbocycles. The van der Waals surface area contributed by atoms with Gasteiger partial charge in [-0.05, 0) is 12.1 Å². The van der Waals surface area contributed by atoms with Gasteiger partial charge in [0.1, 0.15) is 0 Å². The van der Waals surface area contributed by atoms with E-state index in [9.17, 15) is 8.78 Å². The molecule has 3 N–H and O–H groups in total. The number of nitrogens with one attached hydrogen (secondary N) is 1. The summed E-state index contributed by atoms with van der Waals surface area (Å²) >= 11 is 0. The van der Waals surface area contributed by atoms with Gasteiger partial charge in [0.25, 0.3) is 0 Å². The van der Waals surface area contributed by atoms with Crippen LogP contribution in [0.2, 0.25) is 0 Å². The molecule has 1 aliphatic rings. The van der Waals surface area contributed by atoms with Crippen LogP contribution in [-0.4, -0.2) is 11.8 Å². The molecule has 19 heavy (non-hydrogen) atoms. The molecule has 5 nitrogen and oxygen atoms in total. The molecule has 0 saturated heterocycles. The van der Waals surface area contributed by atoms with E-state index in [0.29, 0.717) is 23.3 Å². The van der Waals surface area contributed by atoms with Crippen molar-refractivity contribution in [2.24, 2.45) is 0 Å². The first-order valence-corrected chi connectivity index (χ1v) is 5.41. The number of ether oxygens (including phenoxy) is 2. The number of anilines is 3. The zero-order valence-corrected chi connectivity index (χ0v) is 9.61. The number of benzene rings is 1. The smallest absolute Gasteiger partial charge is 0.231 e. The van der Waals surface area contributed by atoms with E-state index in [0.717, 1.165) is 0 Å². The highest BCUT2D eigenvalue weighted by Crippen LogP contribution is 2.35. The summed E-state index contributed by atoms with van der Waals surface area (Å²) in [6, 6.07) is 5.64. The largest absolute Gasteiger partial charge is 0.454 e. The normalized spacial score (nSPS) is 12.5. The third-order valence-corrected chi connectivity index (χ3v) is 2.59. The van der Waals surface area contributed by atoms with Gasteiger partial charge in [-0.15, -0.1) is 0 Å². The van der Waals surface area contributed by atoms with Crippen molar-refractivity contribution in [2.45, 2.75) is 0 Å². The maximum atomic E-state index is 13.5. The zero-order valence-electron chi connectivity index (χ0n) is 9.61. The summed E-state index contributed by atoms with van der Waals surface area (Å²) < 4.78 is 36.8. The quantitative estimate of drug-likeness (QED) is 0.872. The van der Waals surface area contributed by atoms with E-state index in [1.165, 1.54) is 0 Å². The van der Waals surface area contributed by atoms with Crippen LogP contribution in [0.5, 0.6) is 11.5 Å². The highest BCUT2D eigenvalue weighted by atomic mass is 19.1. The van der Waals surface area contributed by atoms with E-state index in [1.807, 2.05) is 0 Å². The van der Waals surface area contributed by atoms with Gasteiger partial charge in [-0.2, -0.15) is 0 Å². The monoisotopic (exact) mass is 265 g/mol. The minimum Gasteiger partial charge on any atom is -0.454 e. The molecule has 0 unspecified atom stereocenters. The Hall–Kier alpha value is -2.57. The number of aromatic nitrogens is 1. The minimum atomic E-state index is -0.895. The van der Waals surface area contributed by atoms with Crippen LogP contribution in [0.25, 0.3) is 0 Å². The fourth-order valence-electron chi connectivity index (χ4n) is 1.68. The number of hydrogen-bond donors (Lipinski definition) is 2. The van der Waals surface area contributed by atoms with Crippen LogP contribution < -0.4 is 20.5 Å². The highest BCUT2D eigenvalue weighted by molar-refractivity contribution is 5.63. The second-order valence-electron chi connectivity index (χ2n) is 3.88. The zero-order chi connectivity index (χ0) is 13.4. The third-order valence-electron chi connectivity index (χ3n) is 2.59. The average Bonchev–Trinajstić information content (AvgIpc) is 2.83. The average molecular weight is 265 g/mol. The number of nitrogens with two attached hydrogens (primary N) is 1. The Labute approximate surface area is 107 Å². The summed E-state index contributed by atoms with van der Waals surface area (Å²) in [6.07, 6.45) is 0. The summed E-state index contributed by atoms with van der Waals surface area (Å²) in [4.78, 5) is 3.61. The number of pyridine rings is 1. The molecule has 0 radical (unpaired) electrons. The second kappa shape index (κ2) is 4.27. The summed E-state index contributed by atoms with van der Waals surface area (Å²) in [5, 5.41) is 2.70. The molecule has 3 rings (SSSR count). The molecule has 1 aromatic heterocycles. The Bertz CT molecular complexity index is 649. The lowest BCUT2D eigenvalue weighted by atomic mass is 10.2. The maximum Gasteiger partial charge on any atom is 0.231 e. The van der Waals surface area contributed by atoms with Gasteiger partial charge in [-0.25, -0.2) is 13.8 Å². The van der Waals surface area contributed by atoms with Crippen LogP contribution in [0.15, 0.2) is 24.3 Å². The number of fused-ring (bicyclic) bond motifs is 1. The van der Waals surface area contributed by atoms with Crippen molar-refractivity contribution in [2.75, 3.05) is 17.8 Å². The van der Waals surface area contributed by atoms with Crippen LogP contribution in [-0.2, 0) is 0 Å². The van der Waals surface area contributed by atoms with Crippen LogP contribution >= 0.6 is 0 Å². The number of hydrogen-bond acceptors (Lipinski definition) is 5. The molecular formula is C12H9F2N3O2. The number of halogens is 2. The van der Waals surface area contributed by atoms with E-state index >= 15 is 0 Å². The van der Waals surface area contributed by atoms with Gasteiger partial charge < -0.3 is 20.5 Å². The van der Waals surface area contributed by atoms with Crippen LogP contribution in [0, 0.1) is 11.6 Å². The Morgan fingerprint density at radius 3 is 2.74 bits per heavy atom. The van der Waals surface area contributed by atoms with Crippen molar-refractivity contribution in [3.63, 3.8) is 0 Å². The standard InChI is InChI=1S/C12H9F2N3O2/c13-7-4-8(14)12(17-11(7)15)16-6-1-2-9-10(3-6)19-5-18-9/h1-4H,5H2,(H3,15,16,17). The molecule has 0 fully saturated rings. The molecular weight excluding hydrogens is 256 g/mol. The van der Waals surface area contributed by atoms with Crippen molar-refractivity contribution in [1.82, 2.24) is 4.98 Å². The molecule has 7 heteroatoms. The van der Waals surface area contributed by atoms with Crippen LogP contribution in [0.4, 0.5) is 26.1 Å². The second-order valence-corrected chi connectivity index (χ2v) is 3.88. The molecule has 1 aromatic carbocycles. The van der Waals surface area contributed by atoms with E-state index in [2.05, 4.69) is 10.3 Å². The lowest BCUT2D eigenvalue weighted by molar-refractivity contribution is 0.174.